The summed E-state index contributed by atoms with van der Waals surface area (Å²) < 4.78 is 58.5. The molecule has 2 N–H and O–H groups in total. The van der Waals surface area contributed by atoms with Crippen molar-refractivity contribution in [3.8, 4) is 5.75 Å². The summed E-state index contributed by atoms with van der Waals surface area (Å²) >= 11 is 0. The Kier molecular flexibility index (Phi) is 6.93. The predicted molar refractivity (Wildman–Crippen MR) is 79.7 cm³/mol. The van der Waals surface area contributed by atoms with E-state index < -0.39 is 48.7 Å². The van der Waals surface area contributed by atoms with E-state index in [2.05, 4.69) is 4.74 Å². The number of nitrogens with one attached hydrogen (secondary N) is 2. The van der Waals surface area contributed by atoms with Gasteiger partial charge in [-0.15, -0.1) is 0 Å². The minimum atomic E-state index is -4.63. The Morgan fingerprint density at radius 2 is 1.65 bits per heavy atom. The summed E-state index contributed by atoms with van der Waals surface area (Å²) in [5, 5.41) is 2.98. The van der Waals surface area contributed by atoms with Gasteiger partial charge in [-0.1, -0.05) is 0 Å². The van der Waals surface area contributed by atoms with E-state index in [1.165, 1.54) is 31.3 Å². The van der Waals surface area contributed by atoms with Crippen LogP contribution >= 0.6 is 0 Å². The van der Waals surface area contributed by atoms with E-state index in [0.29, 0.717) is 0 Å². The first kappa shape index (κ1) is 21.2. The number of imide groups is 1. The molecule has 0 unspecified atom stereocenters. The van der Waals surface area contributed by atoms with Crippen LogP contribution in [0.5, 0.6) is 5.75 Å². The second-order valence-corrected chi connectivity index (χ2v) is 5.49. The fourth-order valence-electron chi connectivity index (χ4n) is 1.53. The molecule has 26 heavy (non-hydrogen) atoms. The zero-order chi connectivity index (χ0) is 20.0. The molecule has 0 saturated carbocycles. The van der Waals surface area contributed by atoms with Gasteiger partial charge in [0.05, 0.1) is 0 Å². The van der Waals surface area contributed by atoms with Gasteiger partial charge < -0.3 is 14.8 Å². The Labute approximate surface area is 145 Å². The lowest BCUT2D eigenvalue weighted by Crippen LogP contribution is -2.46. The van der Waals surface area contributed by atoms with Crippen molar-refractivity contribution < 1.29 is 41.4 Å². The third-order valence-electron chi connectivity index (χ3n) is 2.71. The van der Waals surface area contributed by atoms with Crippen LogP contribution in [0, 0.1) is 5.82 Å². The molecule has 144 valence electrons. The summed E-state index contributed by atoms with van der Waals surface area (Å²) in [5.41, 5.74) is -1.54. The zero-order valence-electron chi connectivity index (χ0n) is 13.8. The second-order valence-electron chi connectivity index (χ2n) is 5.49. The van der Waals surface area contributed by atoms with Gasteiger partial charge in [0.25, 0.3) is 5.91 Å². The Morgan fingerprint density at radius 1 is 1.08 bits per heavy atom. The lowest BCUT2D eigenvalue weighted by molar-refractivity contribution is -0.161. The number of carbonyl (C=O) groups is 3. The van der Waals surface area contributed by atoms with Gasteiger partial charge in [0.1, 0.15) is 18.1 Å². The molecule has 1 rings (SSSR count). The Morgan fingerprint density at radius 3 is 2.19 bits per heavy atom. The van der Waals surface area contributed by atoms with Gasteiger partial charge in [0.2, 0.25) is 0 Å². The topological polar surface area (TPSA) is 93.7 Å². The predicted octanol–water partition coefficient (Wildman–Crippen LogP) is 1.91. The van der Waals surface area contributed by atoms with Crippen molar-refractivity contribution in [3.05, 3.63) is 30.1 Å². The van der Waals surface area contributed by atoms with Crippen molar-refractivity contribution in [2.24, 2.45) is 0 Å². The van der Waals surface area contributed by atoms with Crippen molar-refractivity contribution in [1.29, 1.82) is 0 Å². The van der Waals surface area contributed by atoms with Gasteiger partial charge in [-0.3, -0.25) is 10.1 Å². The Bertz CT molecular complexity index is 659. The maximum atomic E-state index is 12.8. The quantitative estimate of drug-likeness (QED) is 0.581. The number of hydrogen-bond acceptors (Lipinski definition) is 5. The maximum absolute atomic E-state index is 12.8. The molecule has 0 spiro atoms. The third kappa shape index (κ3) is 7.81. The van der Waals surface area contributed by atoms with Crippen LogP contribution in [-0.2, 0) is 14.3 Å². The van der Waals surface area contributed by atoms with Crippen LogP contribution in [0.25, 0.3) is 0 Å². The Balaban J connectivity index is 2.44. The molecular formula is C15H16F4N2O5. The van der Waals surface area contributed by atoms with Gasteiger partial charge >= 0.3 is 18.2 Å². The molecule has 0 bridgehead atoms. The highest BCUT2D eigenvalue weighted by Gasteiger charge is 2.33. The van der Waals surface area contributed by atoms with Crippen molar-refractivity contribution in [2.45, 2.75) is 25.6 Å². The summed E-state index contributed by atoms with van der Waals surface area (Å²) in [4.78, 5) is 34.4. The van der Waals surface area contributed by atoms with E-state index in [1.807, 2.05) is 0 Å². The fraction of sp³-hybridized carbons (Fsp3) is 0.400. The molecule has 0 heterocycles. The standard InChI is InChI=1S/C15H16F4N2O5/c1-14(2,26-10-5-3-9(16)4-6-10)12(23)25-7-11(22)21-13(24)20-8-15(17,18)19/h3-6H,7-8H2,1-2H3,(H2,20,21,22,24). The summed E-state index contributed by atoms with van der Waals surface area (Å²) in [5.74, 6) is -2.44. The first-order valence-corrected chi connectivity index (χ1v) is 7.15. The number of ether oxygens (including phenoxy) is 2. The number of halogens is 4. The van der Waals surface area contributed by atoms with Crippen molar-refractivity contribution >= 4 is 17.9 Å². The van der Waals surface area contributed by atoms with Gasteiger partial charge in [0.15, 0.2) is 12.2 Å². The molecule has 0 aromatic heterocycles. The molecule has 0 saturated heterocycles. The molecule has 0 aliphatic rings. The van der Waals surface area contributed by atoms with Gasteiger partial charge in [-0.05, 0) is 38.1 Å². The summed E-state index contributed by atoms with van der Waals surface area (Å²) in [6.07, 6.45) is -4.63. The summed E-state index contributed by atoms with van der Waals surface area (Å²) in [6, 6.07) is 3.41. The molecule has 0 fully saturated rings. The van der Waals surface area contributed by atoms with Crippen LogP contribution in [0.1, 0.15) is 13.8 Å². The average Bonchev–Trinajstić information content (AvgIpc) is 2.52. The van der Waals surface area contributed by atoms with Gasteiger partial charge in [-0.25, -0.2) is 14.0 Å². The van der Waals surface area contributed by atoms with Crippen LogP contribution in [-0.4, -0.2) is 42.8 Å². The maximum Gasteiger partial charge on any atom is 0.405 e. The smallest absolute Gasteiger partial charge is 0.405 e. The van der Waals surface area contributed by atoms with Crippen LogP contribution in [0.3, 0.4) is 0 Å². The first-order chi connectivity index (χ1) is 11.9. The van der Waals surface area contributed by atoms with E-state index in [-0.39, 0.29) is 5.75 Å². The number of rotatable bonds is 6. The molecule has 0 radical (unpaired) electrons. The number of benzene rings is 1. The molecule has 3 amide bonds. The van der Waals surface area contributed by atoms with Crippen LogP contribution in [0.15, 0.2) is 24.3 Å². The number of amides is 3. The van der Waals surface area contributed by atoms with E-state index in [1.54, 1.807) is 5.32 Å². The van der Waals surface area contributed by atoms with E-state index in [0.717, 1.165) is 12.1 Å². The molecule has 11 heteroatoms. The highest BCUT2D eigenvalue weighted by molar-refractivity contribution is 5.95. The van der Waals surface area contributed by atoms with Crippen LogP contribution in [0.4, 0.5) is 22.4 Å². The second kappa shape index (κ2) is 8.50. The minimum absolute atomic E-state index is 0.171. The SMILES string of the molecule is CC(C)(Oc1ccc(F)cc1)C(=O)OCC(=O)NC(=O)NCC(F)(F)F. The molecule has 7 nitrogen and oxygen atoms in total. The monoisotopic (exact) mass is 380 g/mol. The van der Waals surface area contributed by atoms with E-state index >= 15 is 0 Å². The number of carbonyl (C=O) groups excluding carboxylic acids is 3. The normalized spacial score (nSPS) is 11.5. The molecule has 0 aliphatic carbocycles. The minimum Gasteiger partial charge on any atom is -0.476 e. The van der Waals surface area contributed by atoms with Crippen LogP contribution < -0.4 is 15.4 Å². The number of alkyl halides is 3. The molecule has 1 aromatic carbocycles. The first-order valence-electron chi connectivity index (χ1n) is 7.15. The average molecular weight is 380 g/mol. The van der Waals surface area contributed by atoms with Crippen molar-refractivity contribution in [2.75, 3.05) is 13.2 Å². The zero-order valence-corrected chi connectivity index (χ0v) is 13.8. The lowest BCUT2D eigenvalue weighted by Gasteiger charge is -2.24. The molecule has 0 aliphatic heterocycles. The highest BCUT2D eigenvalue weighted by Crippen LogP contribution is 2.19. The van der Waals surface area contributed by atoms with Crippen molar-refractivity contribution in [3.63, 3.8) is 0 Å². The fourth-order valence-corrected chi connectivity index (χ4v) is 1.53. The number of esters is 1. The summed E-state index contributed by atoms with van der Waals surface area (Å²) in [6.45, 7) is 0.123. The van der Waals surface area contributed by atoms with Crippen LogP contribution in [0.2, 0.25) is 0 Å². The van der Waals surface area contributed by atoms with E-state index in [4.69, 9.17) is 4.74 Å². The number of hydrogen-bond donors (Lipinski definition) is 2. The number of urea groups is 1. The molecular weight excluding hydrogens is 364 g/mol. The summed E-state index contributed by atoms with van der Waals surface area (Å²) in [7, 11) is 0. The highest BCUT2D eigenvalue weighted by atomic mass is 19.4. The third-order valence-corrected chi connectivity index (χ3v) is 2.71. The van der Waals surface area contributed by atoms with Crippen molar-refractivity contribution in [1.82, 2.24) is 10.6 Å². The van der Waals surface area contributed by atoms with E-state index in [9.17, 15) is 31.9 Å². The van der Waals surface area contributed by atoms with Gasteiger partial charge in [-0.2, -0.15) is 13.2 Å². The lowest BCUT2D eigenvalue weighted by atomic mass is 10.1. The molecule has 0 atom stereocenters. The molecule has 1 aromatic rings. The Hall–Kier alpha value is -2.85. The van der Waals surface area contributed by atoms with Gasteiger partial charge in [0, 0.05) is 0 Å². The largest absolute Gasteiger partial charge is 0.476 e.